The van der Waals surface area contributed by atoms with Crippen LogP contribution in [0.2, 0.25) is 0 Å². The maximum absolute atomic E-state index is 12.8. The van der Waals surface area contributed by atoms with E-state index in [1.165, 1.54) is 19.1 Å². The lowest BCUT2D eigenvalue weighted by molar-refractivity contribution is -0.129. The molecule has 5 heteroatoms. The molecule has 0 aromatic heterocycles. The molecule has 2 aromatic carbocycles. The Hall–Kier alpha value is -2.69. The van der Waals surface area contributed by atoms with E-state index in [-0.39, 0.29) is 11.7 Å². The number of hydrogen-bond donors (Lipinski definition) is 1. The minimum atomic E-state index is -0.887. The normalized spacial score (nSPS) is 11.7. The number of halogens is 1. The highest BCUT2D eigenvalue weighted by Gasteiger charge is 2.18. The lowest BCUT2D eigenvalue weighted by atomic mass is 10.1. The number of nitrogens with one attached hydrogen (secondary N) is 1. The molecule has 132 valence electrons. The van der Waals surface area contributed by atoms with Gasteiger partial charge in [-0.15, -0.1) is 0 Å². The van der Waals surface area contributed by atoms with Gasteiger partial charge in [0.15, 0.2) is 6.10 Å². The summed E-state index contributed by atoms with van der Waals surface area (Å²) in [5, 5.41) is 2.72. The Labute approximate surface area is 147 Å². The molecule has 1 atom stereocenters. The van der Waals surface area contributed by atoms with Crippen molar-refractivity contribution in [2.24, 2.45) is 0 Å². The van der Waals surface area contributed by atoms with E-state index in [2.05, 4.69) is 5.32 Å². The maximum Gasteiger partial charge on any atom is 0.338 e. The highest BCUT2D eigenvalue weighted by Crippen LogP contribution is 2.11. The van der Waals surface area contributed by atoms with Crippen molar-refractivity contribution in [2.45, 2.75) is 33.3 Å². The summed E-state index contributed by atoms with van der Waals surface area (Å²) in [5.74, 6) is -1.17. The molecule has 0 heterocycles. The van der Waals surface area contributed by atoms with Gasteiger partial charge in [0.1, 0.15) is 5.82 Å². The van der Waals surface area contributed by atoms with Crippen molar-refractivity contribution in [3.05, 3.63) is 70.5 Å². The highest BCUT2D eigenvalue weighted by molar-refractivity contribution is 5.92. The lowest BCUT2D eigenvalue weighted by Crippen LogP contribution is -2.36. The van der Waals surface area contributed by atoms with Crippen molar-refractivity contribution < 1.29 is 18.7 Å². The average molecular weight is 343 g/mol. The van der Waals surface area contributed by atoms with Gasteiger partial charge in [-0.3, -0.25) is 4.79 Å². The number of hydrogen-bond acceptors (Lipinski definition) is 3. The number of benzene rings is 2. The van der Waals surface area contributed by atoms with Crippen LogP contribution in [-0.2, 0) is 16.0 Å². The Kier molecular flexibility index (Phi) is 6.28. The standard InChI is InChI=1S/C20H22FNO3/c1-13-10-14(2)12-17(11-13)20(24)25-15(3)19(23)22-9-8-16-4-6-18(21)7-5-16/h4-7,10-12,15H,8-9H2,1-3H3,(H,22,23)/t15-/m1/s1. The molecular formula is C20H22FNO3. The van der Waals surface area contributed by atoms with Crippen LogP contribution in [0, 0.1) is 19.7 Å². The Morgan fingerprint density at radius 2 is 1.68 bits per heavy atom. The second kappa shape index (κ2) is 8.42. The quantitative estimate of drug-likeness (QED) is 0.819. The Morgan fingerprint density at radius 1 is 1.08 bits per heavy atom. The minimum Gasteiger partial charge on any atom is -0.449 e. The SMILES string of the molecule is Cc1cc(C)cc(C(=O)O[C@H](C)C(=O)NCCc2ccc(F)cc2)c1. The second-order valence-corrected chi connectivity index (χ2v) is 6.09. The van der Waals surface area contributed by atoms with Crippen LogP contribution < -0.4 is 5.32 Å². The number of carbonyl (C=O) groups is 2. The smallest absolute Gasteiger partial charge is 0.338 e. The Balaban J connectivity index is 1.83. The van der Waals surface area contributed by atoms with Crippen LogP contribution in [0.1, 0.15) is 34.0 Å². The van der Waals surface area contributed by atoms with Crippen molar-refractivity contribution in [3.63, 3.8) is 0 Å². The zero-order chi connectivity index (χ0) is 18.4. The average Bonchev–Trinajstić information content (AvgIpc) is 2.55. The van der Waals surface area contributed by atoms with Crippen molar-refractivity contribution in [3.8, 4) is 0 Å². The fourth-order valence-electron chi connectivity index (χ4n) is 2.50. The van der Waals surface area contributed by atoms with Crippen LogP contribution >= 0.6 is 0 Å². The number of carbonyl (C=O) groups excluding carboxylic acids is 2. The van der Waals surface area contributed by atoms with Crippen LogP contribution in [0.3, 0.4) is 0 Å². The first-order chi connectivity index (χ1) is 11.8. The zero-order valence-electron chi connectivity index (χ0n) is 14.6. The molecule has 0 aliphatic heterocycles. The predicted octanol–water partition coefficient (Wildman–Crippen LogP) is 3.35. The molecule has 4 nitrogen and oxygen atoms in total. The van der Waals surface area contributed by atoms with Crippen LogP contribution in [0.25, 0.3) is 0 Å². The third-order valence-corrected chi connectivity index (χ3v) is 3.74. The summed E-state index contributed by atoms with van der Waals surface area (Å²) in [6.45, 7) is 5.72. The van der Waals surface area contributed by atoms with E-state index < -0.39 is 12.1 Å². The third-order valence-electron chi connectivity index (χ3n) is 3.74. The molecule has 1 amide bonds. The summed E-state index contributed by atoms with van der Waals surface area (Å²) in [6.07, 6.45) is -0.314. The topological polar surface area (TPSA) is 55.4 Å². The van der Waals surface area contributed by atoms with Gasteiger partial charge in [0, 0.05) is 6.54 Å². The number of ether oxygens (including phenoxy) is 1. The summed E-state index contributed by atoms with van der Waals surface area (Å²) in [5.41, 5.74) is 3.27. The summed E-state index contributed by atoms with van der Waals surface area (Å²) in [6, 6.07) is 11.5. The van der Waals surface area contributed by atoms with Crippen molar-refractivity contribution in [1.29, 1.82) is 0 Å². The molecular weight excluding hydrogens is 321 g/mol. The molecule has 0 aliphatic rings. The number of aryl methyl sites for hydroxylation is 2. The Morgan fingerprint density at radius 3 is 2.28 bits per heavy atom. The molecule has 0 saturated carbocycles. The molecule has 2 rings (SSSR count). The largest absolute Gasteiger partial charge is 0.449 e. The zero-order valence-corrected chi connectivity index (χ0v) is 14.6. The van der Waals surface area contributed by atoms with E-state index in [0.717, 1.165) is 16.7 Å². The minimum absolute atomic E-state index is 0.292. The van der Waals surface area contributed by atoms with E-state index in [9.17, 15) is 14.0 Å². The van der Waals surface area contributed by atoms with E-state index >= 15 is 0 Å². The number of rotatable bonds is 6. The van der Waals surface area contributed by atoms with Gasteiger partial charge in [0.25, 0.3) is 5.91 Å². The molecule has 0 radical (unpaired) electrons. The van der Waals surface area contributed by atoms with Gasteiger partial charge in [0.05, 0.1) is 5.56 Å². The molecule has 0 fully saturated rings. The van der Waals surface area contributed by atoms with E-state index in [1.807, 2.05) is 19.9 Å². The van der Waals surface area contributed by atoms with Crippen LogP contribution in [-0.4, -0.2) is 24.5 Å². The van der Waals surface area contributed by atoms with Gasteiger partial charge in [0.2, 0.25) is 0 Å². The first kappa shape index (κ1) is 18.6. The van der Waals surface area contributed by atoms with Gasteiger partial charge < -0.3 is 10.1 Å². The van der Waals surface area contributed by atoms with Crippen LogP contribution in [0.15, 0.2) is 42.5 Å². The van der Waals surface area contributed by atoms with Gasteiger partial charge in [-0.05, 0) is 57.0 Å². The first-order valence-corrected chi connectivity index (χ1v) is 8.16. The molecule has 25 heavy (non-hydrogen) atoms. The molecule has 0 aliphatic carbocycles. The predicted molar refractivity (Wildman–Crippen MR) is 93.9 cm³/mol. The fraction of sp³-hybridized carbons (Fsp3) is 0.300. The Bertz CT molecular complexity index is 736. The highest BCUT2D eigenvalue weighted by atomic mass is 19.1. The summed E-state index contributed by atoms with van der Waals surface area (Å²) in [4.78, 5) is 24.2. The first-order valence-electron chi connectivity index (χ1n) is 8.16. The molecule has 0 saturated heterocycles. The van der Waals surface area contributed by atoms with Crippen molar-refractivity contribution in [1.82, 2.24) is 5.32 Å². The number of amides is 1. The second-order valence-electron chi connectivity index (χ2n) is 6.09. The summed E-state index contributed by atoms with van der Waals surface area (Å²) >= 11 is 0. The molecule has 0 spiro atoms. The third kappa shape index (κ3) is 5.71. The van der Waals surface area contributed by atoms with Crippen molar-refractivity contribution in [2.75, 3.05) is 6.54 Å². The number of esters is 1. The summed E-state index contributed by atoms with van der Waals surface area (Å²) < 4.78 is 18.1. The van der Waals surface area contributed by atoms with Crippen LogP contribution in [0.4, 0.5) is 4.39 Å². The monoisotopic (exact) mass is 343 g/mol. The van der Waals surface area contributed by atoms with Crippen LogP contribution in [0.5, 0.6) is 0 Å². The van der Waals surface area contributed by atoms with E-state index in [1.54, 1.807) is 24.3 Å². The van der Waals surface area contributed by atoms with Gasteiger partial charge >= 0.3 is 5.97 Å². The molecule has 2 aromatic rings. The van der Waals surface area contributed by atoms with E-state index in [0.29, 0.717) is 18.5 Å². The molecule has 1 N–H and O–H groups in total. The van der Waals surface area contributed by atoms with Gasteiger partial charge in [-0.25, -0.2) is 9.18 Å². The van der Waals surface area contributed by atoms with Crippen molar-refractivity contribution >= 4 is 11.9 Å². The lowest BCUT2D eigenvalue weighted by Gasteiger charge is -2.14. The molecule has 0 bridgehead atoms. The maximum atomic E-state index is 12.8. The fourth-order valence-corrected chi connectivity index (χ4v) is 2.50. The van der Waals surface area contributed by atoms with E-state index in [4.69, 9.17) is 4.74 Å². The molecule has 0 unspecified atom stereocenters. The summed E-state index contributed by atoms with van der Waals surface area (Å²) in [7, 11) is 0. The van der Waals surface area contributed by atoms with Gasteiger partial charge in [-0.1, -0.05) is 29.3 Å². The van der Waals surface area contributed by atoms with Gasteiger partial charge in [-0.2, -0.15) is 0 Å².